The van der Waals surface area contributed by atoms with Crippen molar-refractivity contribution in [2.75, 3.05) is 13.6 Å². The molecule has 0 saturated carbocycles. The Hall–Kier alpha value is -0.830. The predicted octanol–water partition coefficient (Wildman–Crippen LogP) is 1.05. The van der Waals surface area contributed by atoms with Crippen LogP contribution in [0, 0.1) is 12.8 Å². The number of rotatable bonds is 4. The zero-order valence-corrected chi connectivity index (χ0v) is 8.04. The van der Waals surface area contributed by atoms with Gasteiger partial charge in [-0.2, -0.15) is 0 Å². The summed E-state index contributed by atoms with van der Waals surface area (Å²) in [6.45, 7) is 6.37. The Morgan fingerprint density at radius 1 is 1.67 bits per heavy atom. The minimum Gasteiger partial charge on any atom is -0.335 e. The van der Waals surface area contributed by atoms with E-state index in [-0.39, 0.29) is 0 Å². The molecular weight excluding hydrogens is 150 g/mol. The van der Waals surface area contributed by atoms with Crippen molar-refractivity contribution in [3.63, 3.8) is 0 Å². The van der Waals surface area contributed by atoms with Crippen LogP contribution in [-0.2, 0) is 6.54 Å². The van der Waals surface area contributed by atoms with E-state index in [1.54, 1.807) is 0 Å². The Bertz CT molecular complexity index is 229. The Kier molecular flexibility index (Phi) is 3.29. The molecule has 0 spiro atoms. The van der Waals surface area contributed by atoms with Crippen molar-refractivity contribution in [3.05, 3.63) is 18.2 Å². The van der Waals surface area contributed by atoms with Crippen molar-refractivity contribution in [2.45, 2.75) is 20.4 Å². The monoisotopic (exact) mass is 167 g/mol. The third kappa shape index (κ3) is 2.34. The van der Waals surface area contributed by atoms with E-state index in [2.05, 4.69) is 21.8 Å². The molecule has 12 heavy (non-hydrogen) atoms. The van der Waals surface area contributed by atoms with Gasteiger partial charge in [0.25, 0.3) is 0 Å². The van der Waals surface area contributed by atoms with Crippen molar-refractivity contribution < 1.29 is 0 Å². The normalized spacial score (nSPS) is 13.2. The lowest BCUT2D eigenvalue weighted by Gasteiger charge is -2.12. The van der Waals surface area contributed by atoms with Crippen molar-refractivity contribution >= 4 is 0 Å². The van der Waals surface area contributed by atoms with Crippen LogP contribution in [0.3, 0.4) is 0 Å². The molecule has 1 rings (SSSR count). The summed E-state index contributed by atoms with van der Waals surface area (Å²) in [6, 6.07) is 0. The van der Waals surface area contributed by atoms with Gasteiger partial charge in [-0.15, -0.1) is 0 Å². The van der Waals surface area contributed by atoms with E-state index in [1.807, 2.05) is 26.4 Å². The van der Waals surface area contributed by atoms with Gasteiger partial charge in [0.1, 0.15) is 5.82 Å². The molecule has 0 aliphatic rings. The number of nitrogens with one attached hydrogen (secondary N) is 1. The van der Waals surface area contributed by atoms with Crippen LogP contribution >= 0.6 is 0 Å². The van der Waals surface area contributed by atoms with Crippen molar-refractivity contribution in [1.82, 2.24) is 14.9 Å². The van der Waals surface area contributed by atoms with Crippen LogP contribution in [0.2, 0.25) is 0 Å². The van der Waals surface area contributed by atoms with Crippen LogP contribution in [0.15, 0.2) is 12.4 Å². The van der Waals surface area contributed by atoms with E-state index in [4.69, 9.17) is 0 Å². The number of hydrogen-bond donors (Lipinski definition) is 1. The molecular formula is C9H17N3. The second-order valence-corrected chi connectivity index (χ2v) is 3.29. The summed E-state index contributed by atoms with van der Waals surface area (Å²) in [4.78, 5) is 4.17. The first-order chi connectivity index (χ1) is 5.74. The fraction of sp³-hybridized carbons (Fsp3) is 0.667. The SMILES string of the molecule is CNCC(C)Cn1ccnc1C. The number of nitrogens with zero attached hydrogens (tertiary/aromatic N) is 2. The molecule has 0 bridgehead atoms. The molecule has 3 heteroatoms. The van der Waals surface area contributed by atoms with Crippen molar-refractivity contribution in [1.29, 1.82) is 0 Å². The molecule has 1 aromatic heterocycles. The number of hydrogen-bond acceptors (Lipinski definition) is 2. The summed E-state index contributed by atoms with van der Waals surface area (Å²) in [5.41, 5.74) is 0. The van der Waals surface area contributed by atoms with Gasteiger partial charge < -0.3 is 9.88 Å². The van der Waals surface area contributed by atoms with Crippen LogP contribution in [0.4, 0.5) is 0 Å². The van der Waals surface area contributed by atoms with Gasteiger partial charge in [0.2, 0.25) is 0 Å². The van der Waals surface area contributed by atoms with Gasteiger partial charge >= 0.3 is 0 Å². The molecule has 1 aromatic rings. The molecule has 1 atom stereocenters. The lowest BCUT2D eigenvalue weighted by Crippen LogP contribution is -2.20. The molecule has 0 amide bonds. The lowest BCUT2D eigenvalue weighted by molar-refractivity contribution is 0.456. The van der Waals surface area contributed by atoms with Crippen LogP contribution in [-0.4, -0.2) is 23.1 Å². The molecule has 68 valence electrons. The average Bonchev–Trinajstić information content (AvgIpc) is 2.37. The maximum atomic E-state index is 4.17. The van der Waals surface area contributed by atoms with Crippen molar-refractivity contribution in [3.8, 4) is 0 Å². The van der Waals surface area contributed by atoms with Crippen LogP contribution in [0.25, 0.3) is 0 Å². The molecule has 1 heterocycles. The van der Waals surface area contributed by atoms with E-state index in [0.29, 0.717) is 5.92 Å². The minimum atomic E-state index is 0.655. The van der Waals surface area contributed by atoms with Gasteiger partial charge in [0, 0.05) is 18.9 Å². The lowest BCUT2D eigenvalue weighted by atomic mass is 10.2. The highest BCUT2D eigenvalue weighted by Crippen LogP contribution is 2.01. The zero-order chi connectivity index (χ0) is 8.97. The summed E-state index contributed by atoms with van der Waals surface area (Å²) in [6.07, 6.45) is 3.88. The molecule has 0 aliphatic carbocycles. The topological polar surface area (TPSA) is 29.9 Å². The van der Waals surface area contributed by atoms with Gasteiger partial charge in [-0.1, -0.05) is 6.92 Å². The third-order valence-electron chi connectivity index (χ3n) is 1.98. The maximum Gasteiger partial charge on any atom is 0.105 e. The van der Waals surface area contributed by atoms with E-state index in [9.17, 15) is 0 Å². The van der Waals surface area contributed by atoms with Gasteiger partial charge in [0.15, 0.2) is 0 Å². The van der Waals surface area contributed by atoms with Crippen molar-refractivity contribution in [2.24, 2.45) is 5.92 Å². The summed E-state index contributed by atoms with van der Waals surface area (Å²) in [7, 11) is 1.98. The van der Waals surface area contributed by atoms with E-state index in [0.717, 1.165) is 18.9 Å². The first-order valence-electron chi connectivity index (χ1n) is 4.36. The van der Waals surface area contributed by atoms with Gasteiger partial charge in [-0.25, -0.2) is 4.98 Å². The minimum absolute atomic E-state index is 0.655. The molecule has 0 fully saturated rings. The van der Waals surface area contributed by atoms with Crippen LogP contribution in [0.1, 0.15) is 12.7 Å². The molecule has 0 saturated heterocycles. The number of aromatic nitrogens is 2. The second kappa shape index (κ2) is 4.26. The standard InChI is InChI=1S/C9H17N3/c1-8(6-10-3)7-12-5-4-11-9(12)2/h4-5,8,10H,6-7H2,1-3H3. The van der Waals surface area contributed by atoms with Gasteiger partial charge in [0.05, 0.1) is 0 Å². The van der Waals surface area contributed by atoms with E-state index in [1.165, 1.54) is 0 Å². The molecule has 1 N–H and O–H groups in total. The van der Waals surface area contributed by atoms with E-state index < -0.39 is 0 Å². The second-order valence-electron chi connectivity index (χ2n) is 3.29. The molecule has 0 aliphatic heterocycles. The Morgan fingerprint density at radius 3 is 2.92 bits per heavy atom. The summed E-state index contributed by atoms with van der Waals surface area (Å²) >= 11 is 0. The molecule has 0 aromatic carbocycles. The fourth-order valence-corrected chi connectivity index (χ4v) is 1.35. The quantitative estimate of drug-likeness (QED) is 0.726. The summed E-state index contributed by atoms with van der Waals surface area (Å²) in [5.74, 6) is 1.75. The highest BCUT2D eigenvalue weighted by molar-refractivity contribution is 4.88. The molecule has 0 radical (unpaired) electrons. The highest BCUT2D eigenvalue weighted by Gasteiger charge is 2.02. The van der Waals surface area contributed by atoms with E-state index >= 15 is 0 Å². The zero-order valence-electron chi connectivity index (χ0n) is 8.04. The smallest absolute Gasteiger partial charge is 0.105 e. The largest absolute Gasteiger partial charge is 0.335 e. The predicted molar refractivity (Wildman–Crippen MR) is 50.1 cm³/mol. The fourth-order valence-electron chi connectivity index (χ4n) is 1.35. The van der Waals surface area contributed by atoms with Gasteiger partial charge in [-0.3, -0.25) is 0 Å². The Labute approximate surface area is 73.8 Å². The number of imidazole rings is 1. The highest BCUT2D eigenvalue weighted by atomic mass is 15.1. The Morgan fingerprint density at radius 2 is 2.42 bits per heavy atom. The summed E-state index contributed by atoms with van der Waals surface area (Å²) < 4.78 is 2.18. The van der Waals surface area contributed by atoms with Crippen LogP contribution < -0.4 is 5.32 Å². The summed E-state index contributed by atoms with van der Waals surface area (Å²) in [5, 5.41) is 3.17. The molecule has 3 nitrogen and oxygen atoms in total. The first-order valence-corrected chi connectivity index (χ1v) is 4.36. The Balaban J connectivity index is 2.46. The first kappa shape index (κ1) is 9.26. The average molecular weight is 167 g/mol. The molecule has 1 unspecified atom stereocenters. The third-order valence-corrected chi connectivity index (χ3v) is 1.98. The van der Waals surface area contributed by atoms with Gasteiger partial charge in [-0.05, 0) is 26.4 Å². The van der Waals surface area contributed by atoms with Crippen LogP contribution in [0.5, 0.6) is 0 Å². The maximum absolute atomic E-state index is 4.17. The number of aryl methyl sites for hydroxylation is 1.